The minimum absolute atomic E-state index is 0.144. The molecule has 2 heterocycles. The topological polar surface area (TPSA) is 62.2 Å². The van der Waals surface area contributed by atoms with Crippen molar-refractivity contribution in [3.8, 4) is 5.75 Å². The number of allylic oxidation sites excluding steroid dienone is 1. The maximum Gasteiger partial charge on any atom is 0.162 e. The summed E-state index contributed by atoms with van der Waals surface area (Å²) in [5.41, 5.74) is 6.99. The van der Waals surface area contributed by atoms with Crippen molar-refractivity contribution in [2.45, 2.75) is 24.8 Å². The molecule has 3 aromatic carbocycles. The molecule has 1 aliphatic heterocycles. The number of nitrogens with zero attached hydrogens (tertiary/aromatic N) is 1. The van der Waals surface area contributed by atoms with Gasteiger partial charge in [-0.1, -0.05) is 48.5 Å². The minimum Gasteiger partial charge on any atom is -0.508 e. The number of anilines is 1. The van der Waals surface area contributed by atoms with Crippen LogP contribution in [0.25, 0.3) is 16.5 Å². The lowest BCUT2D eigenvalue weighted by Gasteiger charge is -2.37. The van der Waals surface area contributed by atoms with E-state index >= 15 is 0 Å². The Balaban J connectivity index is 1.59. The van der Waals surface area contributed by atoms with Crippen LogP contribution in [-0.2, 0) is 4.79 Å². The molecule has 4 nitrogen and oxygen atoms in total. The van der Waals surface area contributed by atoms with E-state index < -0.39 is 0 Å². The second-order valence-electron chi connectivity index (χ2n) is 8.56. The van der Waals surface area contributed by atoms with Crippen LogP contribution in [-0.4, -0.2) is 15.9 Å². The van der Waals surface area contributed by atoms with E-state index in [0.29, 0.717) is 6.42 Å². The highest BCUT2D eigenvalue weighted by molar-refractivity contribution is 6.12. The Kier molecular flexibility index (Phi) is 4.32. The first-order chi connectivity index (χ1) is 15.7. The number of pyridine rings is 1. The summed E-state index contributed by atoms with van der Waals surface area (Å²) in [6.45, 7) is 0. The molecule has 4 aromatic rings. The van der Waals surface area contributed by atoms with Gasteiger partial charge in [-0.15, -0.1) is 0 Å². The van der Waals surface area contributed by atoms with E-state index in [2.05, 4.69) is 34.6 Å². The number of phenols is 1. The molecule has 0 fully saturated rings. The zero-order valence-electron chi connectivity index (χ0n) is 17.5. The van der Waals surface area contributed by atoms with Crippen LogP contribution in [0.15, 0.2) is 90.6 Å². The summed E-state index contributed by atoms with van der Waals surface area (Å²) in [7, 11) is 0. The maximum absolute atomic E-state index is 13.7. The van der Waals surface area contributed by atoms with Gasteiger partial charge in [-0.2, -0.15) is 0 Å². The third-order valence-corrected chi connectivity index (χ3v) is 6.66. The molecule has 0 spiro atoms. The van der Waals surface area contributed by atoms with E-state index in [-0.39, 0.29) is 23.5 Å². The fourth-order valence-electron chi connectivity index (χ4n) is 5.24. The van der Waals surface area contributed by atoms with Crippen LogP contribution in [0.3, 0.4) is 0 Å². The number of hydrogen-bond donors (Lipinski definition) is 2. The molecule has 0 amide bonds. The van der Waals surface area contributed by atoms with Gasteiger partial charge >= 0.3 is 0 Å². The summed E-state index contributed by atoms with van der Waals surface area (Å²) in [5.74, 6) is 0.503. The van der Waals surface area contributed by atoms with Crippen molar-refractivity contribution < 1.29 is 9.90 Å². The highest BCUT2D eigenvalue weighted by Gasteiger charge is 2.38. The van der Waals surface area contributed by atoms with E-state index in [1.807, 2.05) is 42.5 Å². The predicted octanol–water partition coefficient (Wildman–Crippen LogP) is 6.01. The molecule has 156 valence electrons. The van der Waals surface area contributed by atoms with Crippen LogP contribution >= 0.6 is 0 Å². The molecule has 1 aromatic heterocycles. The number of carbonyl (C=O) groups excluding carboxylic acids is 1. The number of ketones is 1. The maximum atomic E-state index is 13.7. The minimum atomic E-state index is -0.289. The van der Waals surface area contributed by atoms with Crippen molar-refractivity contribution >= 4 is 27.9 Å². The third kappa shape index (κ3) is 2.99. The zero-order valence-corrected chi connectivity index (χ0v) is 17.5. The van der Waals surface area contributed by atoms with Crippen LogP contribution in [0.1, 0.15) is 41.5 Å². The number of aromatic nitrogens is 1. The lowest BCUT2D eigenvalue weighted by Crippen LogP contribution is -2.29. The number of fused-ring (bicyclic) bond motifs is 4. The number of carbonyl (C=O) groups is 1. The quantitative estimate of drug-likeness (QED) is 0.419. The Hall–Kier alpha value is -3.92. The van der Waals surface area contributed by atoms with Crippen LogP contribution in [0.5, 0.6) is 5.75 Å². The Bertz CT molecular complexity index is 1390. The lowest BCUT2D eigenvalue weighted by molar-refractivity contribution is -0.116. The first kappa shape index (κ1) is 18.8. The number of hydrogen-bond acceptors (Lipinski definition) is 4. The number of aromatic hydroxyl groups is 1. The molecule has 0 saturated heterocycles. The first-order valence-electron chi connectivity index (χ1n) is 10.9. The van der Waals surface area contributed by atoms with Gasteiger partial charge in [0.05, 0.1) is 11.6 Å². The predicted molar refractivity (Wildman–Crippen MR) is 127 cm³/mol. The Morgan fingerprint density at radius 3 is 2.56 bits per heavy atom. The molecule has 2 aliphatic rings. The molecule has 2 unspecified atom stereocenters. The Labute approximate surface area is 186 Å². The van der Waals surface area contributed by atoms with Crippen LogP contribution in [0.2, 0.25) is 0 Å². The van der Waals surface area contributed by atoms with Crippen molar-refractivity contribution in [1.82, 2.24) is 4.98 Å². The second kappa shape index (κ2) is 7.34. The van der Waals surface area contributed by atoms with Gasteiger partial charge < -0.3 is 10.4 Å². The van der Waals surface area contributed by atoms with Crippen LogP contribution in [0.4, 0.5) is 5.69 Å². The molecular formula is C28H22N2O2. The van der Waals surface area contributed by atoms with Crippen molar-refractivity contribution in [3.63, 3.8) is 0 Å². The fourth-order valence-corrected chi connectivity index (χ4v) is 5.24. The summed E-state index contributed by atoms with van der Waals surface area (Å²) in [6.07, 6.45) is 3.08. The largest absolute Gasteiger partial charge is 0.508 e. The molecule has 0 bridgehead atoms. The Morgan fingerprint density at radius 2 is 1.72 bits per heavy atom. The number of nitrogens with one attached hydrogen (secondary N) is 1. The smallest absolute Gasteiger partial charge is 0.162 e. The van der Waals surface area contributed by atoms with E-state index in [0.717, 1.165) is 45.3 Å². The second-order valence-corrected chi connectivity index (χ2v) is 8.56. The van der Waals surface area contributed by atoms with Gasteiger partial charge in [-0.25, -0.2) is 0 Å². The molecule has 6 rings (SSSR count). The van der Waals surface area contributed by atoms with Gasteiger partial charge in [-0.05, 0) is 59.4 Å². The molecular weight excluding hydrogens is 396 g/mol. The highest BCUT2D eigenvalue weighted by atomic mass is 16.3. The van der Waals surface area contributed by atoms with Gasteiger partial charge in [0.2, 0.25) is 0 Å². The van der Waals surface area contributed by atoms with Gasteiger partial charge in [0.1, 0.15) is 5.75 Å². The van der Waals surface area contributed by atoms with Gasteiger partial charge in [0.25, 0.3) is 0 Å². The fraction of sp³-hybridized carbons (Fsp3) is 0.143. The van der Waals surface area contributed by atoms with Crippen molar-refractivity contribution in [3.05, 3.63) is 107 Å². The van der Waals surface area contributed by atoms with E-state index in [1.165, 1.54) is 5.56 Å². The standard InChI is InChI=1S/C28H22N2O2/c31-20-9-4-8-18(14-20)28-27-22(15-19(16-25(27)32)17-6-2-1-3-7-17)26-21-10-5-13-29-23(21)11-12-24(26)30-28/h1-14,19,28,30-31H,15-16H2. The molecule has 0 saturated carbocycles. The molecule has 1 aliphatic carbocycles. The summed E-state index contributed by atoms with van der Waals surface area (Å²) in [5, 5.41) is 14.8. The van der Waals surface area contributed by atoms with Gasteiger partial charge in [-0.3, -0.25) is 9.78 Å². The first-order valence-corrected chi connectivity index (χ1v) is 10.9. The van der Waals surface area contributed by atoms with Gasteiger partial charge in [0, 0.05) is 34.8 Å². The SMILES string of the molecule is O=C1CC(c2ccccc2)CC2=C1C(c1cccc(O)c1)Nc1ccc3ncccc3c12. The summed E-state index contributed by atoms with van der Waals surface area (Å²) < 4.78 is 0. The van der Waals surface area contributed by atoms with Crippen molar-refractivity contribution in [2.24, 2.45) is 0 Å². The molecule has 2 N–H and O–H groups in total. The number of benzene rings is 3. The summed E-state index contributed by atoms with van der Waals surface area (Å²) in [6, 6.07) is 25.3. The average Bonchev–Trinajstić information content (AvgIpc) is 2.83. The van der Waals surface area contributed by atoms with Crippen molar-refractivity contribution in [2.75, 3.05) is 5.32 Å². The number of phenolic OH excluding ortho intramolecular Hbond substituents is 1. The summed E-state index contributed by atoms with van der Waals surface area (Å²) in [4.78, 5) is 18.2. The molecule has 0 radical (unpaired) electrons. The van der Waals surface area contributed by atoms with E-state index in [1.54, 1.807) is 18.3 Å². The normalized spacial score (nSPS) is 19.9. The summed E-state index contributed by atoms with van der Waals surface area (Å²) >= 11 is 0. The van der Waals surface area contributed by atoms with E-state index in [9.17, 15) is 9.90 Å². The molecule has 2 atom stereocenters. The van der Waals surface area contributed by atoms with Gasteiger partial charge in [0.15, 0.2) is 5.78 Å². The molecule has 32 heavy (non-hydrogen) atoms. The molecule has 4 heteroatoms. The van der Waals surface area contributed by atoms with Crippen molar-refractivity contribution in [1.29, 1.82) is 0 Å². The average molecular weight is 418 g/mol. The highest BCUT2D eigenvalue weighted by Crippen LogP contribution is 2.50. The monoisotopic (exact) mass is 418 g/mol. The number of Topliss-reactive ketones (excluding diaryl/α,β-unsaturated/α-hetero) is 1. The third-order valence-electron chi connectivity index (χ3n) is 6.66. The van der Waals surface area contributed by atoms with E-state index in [4.69, 9.17) is 0 Å². The van der Waals surface area contributed by atoms with Crippen LogP contribution in [0, 0.1) is 0 Å². The Morgan fingerprint density at radius 1 is 0.875 bits per heavy atom. The van der Waals surface area contributed by atoms with Crippen LogP contribution < -0.4 is 5.32 Å². The lowest BCUT2D eigenvalue weighted by atomic mass is 9.72. The zero-order chi connectivity index (χ0) is 21.7. The number of rotatable bonds is 2.